The molecule has 1 aliphatic carbocycles. The van der Waals surface area contributed by atoms with Crippen molar-refractivity contribution in [3.8, 4) is 0 Å². The molecule has 0 bridgehead atoms. The third kappa shape index (κ3) is 2.78. The SMILES string of the molecule is COC(=O)c1ccc(N2CCN(C3CCC3)CC2=O)cc1. The number of nitrogens with zero attached hydrogens (tertiary/aromatic N) is 2. The Bertz CT molecular complexity index is 537. The van der Waals surface area contributed by atoms with Crippen molar-refractivity contribution in [2.24, 2.45) is 0 Å². The van der Waals surface area contributed by atoms with Crippen molar-refractivity contribution in [2.45, 2.75) is 25.3 Å². The van der Waals surface area contributed by atoms with Crippen molar-refractivity contribution in [1.29, 1.82) is 0 Å². The molecule has 1 aliphatic heterocycles. The van der Waals surface area contributed by atoms with Gasteiger partial charge in [-0.1, -0.05) is 6.42 Å². The van der Waals surface area contributed by atoms with Crippen molar-refractivity contribution in [2.75, 3.05) is 31.6 Å². The molecule has 2 aliphatic rings. The van der Waals surface area contributed by atoms with Gasteiger partial charge < -0.3 is 9.64 Å². The topological polar surface area (TPSA) is 49.9 Å². The highest BCUT2D eigenvalue weighted by Gasteiger charge is 2.32. The monoisotopic (exact) mass is 288 g/mol. The molecule has 5 heteroatoms. The average molecular weight is 288 g/mol. The first-order valence-electron chi connectivity index (χ1n) is 7.42. The summed E-state index contributed by atoms with van der Waals surface area (Å²) < 4.78 is 4.68. The second-order valence-electron chi connectivity index (χ2n) is 5.64. The lowest BCUT2D eigenvalue weighted by Crippen LogP contribution is -2.55. The van der Waals surface area contributed by atoms with Gasteiger partial charge in [0.05, 0.1) is 19.2 Å². The number of carbonyl (C=O) groups excluding carboxylic acids is 2. The molecule has 1 saturated carbocycles. The molecule has 21 heavy (non-hydrogen) atoms. The van der Waals surface area contributed by atoms with Crippen LogP contribution >= 0.6 is 0 Å². The highest BCUT2D eigenvalue weighted by Crippen LogP contribution is 2.27. The van der Waals surface area contributed by atoms with Crippen LogP contribution in [0.3, 0.4) is 0 Å². The molecule has 0 N–H and O–H groups in total. The standard InChI is InChI=1S/C16H20N2O3/c1-21-16(20)12-5-7-14(8-6-12)18-10-9-17(11-15(18)19)13-3-2-4-13/h5-8,13H,2-4,9-11H2,1H3. The van der Waals surface area contributed by atoms with Gasteiger partial charge >= 0.3 is 5.97 Å². The minimum atomic E-state index is -0.359. The first-order chi connectivity index (χ1) is 10.2. The fraction of sp³-hybridized carbons (Fsp3) is 0.500. The van der Waals surface area contributed by atoms with Crippen LogP contribution < -0.4 is 4.90 Å². The van der Waals surface area contributed by atoms with Gasteiger partial charge in [0.25, 0.3) is 0 Å². The number of methoxy groups -OCH3 is 1. The van der Waals surface area contributed by atoms with Crippen molar-refractivity contribution in [3.63, 3.8) is 0 Å². The Balaban J connectivity index is 1.67. The van der Waals surface area contributed by atoms with Crippen molar-refractivity contribution in [1.82, 2.24) is 4.90 Å². The molecule has 3 rings (SSSR count). The van der Waals surface area contributed by atoms with E-state index in [9.17, 15) is 9.59 Å². The minimum Gasteiger partial charge on any atom is -0.465 e. The molecule has 1 aromatic rings. The van der Waals surface area contributed by atoms with E-state index in [0.717, 1.165) is 12.2 Å². The summed E-state index contributed by atoms with van der Waals surface area (Å²) in [7, 11) is 1.36. The molecule has 1 amide bonds. The predicted molar refractivity (Wildman–Crippen MR) is 79.3 cm³/mol. The van der Waals surface area contributed by atoms with Crippen LogP contribution in [0.15, 0.2) is 24.3 Å². The number of benzene rings is 1. The highest BCUT2D eigenvalue weighted by atomic mass is 16.5. The summed E-state index contributed by atoms with van der Waals surface area (Å²) >= 11 is 0. The van der Waals surface area contributed by atoms with Crippen LogP contribution in [-0.2, 0) is 9.53 Å². The van der Waals surface area contributed by atoms with Crippen LogP contribution in [0.5, 0.6) is 0 Å². The first kappa shape index (κ1) is 14.1. The van der Waals surface area contributed by atoms with Gasteiger partial charge in [0.1, 0.15) is 0 Å². The number of ether oxygens (including phenoxy) is 1. The van der Waals surface area contributed by atoms with Gasteiger partial charge in [-0.25, -0.2) is 4.79 Å². The van der Waals surface area contributed by atoms with Gasteiger partial charge in [0, 0.05) is 24.8 Å². The van der Waals surface area contributed by atoms with Gasteiger partial charge in [-0.15, -0.1) is 0 Å². The molecular weight excluding hydrogens is 268 g/mol. The smallest absolute Gasteiger partial charge is 0.337 e. The second kappa shape index (κ2) is 5.85. The molecular formula is C16H20N2O3. The number of carbonyl (C=O) groups is 2. The van der Waals surface area contributed by atoms with E-state index in [4.69, 9.17) is 0 Å². The maximum Gasteiger partial charge on any atom is 0.337 e. The molecule has 112 valence electrons. The van der Waals surface area contributed by atoms with E-state index in [1.807, 2.05) is 12.1 Å². The maximum absolute atomic E-state index is 12.3. The first-order valence-corrected chi connectivity index (χ1v) is 7.42. The van der Waals surface area contributed by atoms with Crippen LogP contribution in [0.1, 0.15) is 29.6 Å². The summed E-state index contributed by atoms with van der Waals surface area (Å²) in [5.41, 5.74) is 1.35. The fourth-order valence-electron chi connectivity index (χ4n) is 2.92. The Morgan fingerprint density at radius 2 is 1.90 bits per heavy atom. The molecule has 0 spiro atoms. The van der Waals surface area contributed by atoms with Crippen LogP contribution in [-0.4, -0.2) is 49.6 Å². The summed E-state index contributed by atoms with van der Waals surface area (Å²) in [6, 6.07) is 7.63. The van der Waals surface area contributed by atoms with E-state index in [1.165, 1.54) is 26.4 Å². The van der Waals surface area contributed by atoms with Crippen molar-refractivity contribution >= 4 is 17.6 Å². The summed E-state index contributed by atoms with van der Waals surface area (Å²) in [6.07, 6.45) is 3.73. The zero-order chi connectivity index (χ0) is 14.8. The molecule has 2 fully saturated rings. The lowest BCUT2D eigenvalue weighted by molar-refractivity contribution is -0.122. The van der Waals surface area contributed by atoms with Gasteiger partial charge in [0.15, 0.2) is 0 Å². The number of amides is 1. The highest BCUT2D eigenvalue weighted by molar-refractivity contribution is 5.96. The molecule has 0 atom stereocenters. The van der Waals surface area contributed by atoms with Crippen LogP contribution in [0.25, 0.3) is 0 Å². The van der Waals surface area contributed by atoms with E-state index in [1.54, 1.807) is 17.0 Å². The van der Waals surface area contributed by atoms with E-state index >= 15 is 0 Å². The predicted octanol–water partition coefficient (Wildman–Crippen LogP) is 1.67. The van der Waals surface area contributed by atoms with Crippen molar-refractivity contribution < 1.29 is 14.3 Å². The van der Waals surface area contributed by atoms with Gasteiger partial charge in [0.2, 0.25) is 5.91 Å². The molecule has 0 unspecified atom stereocenters. The number of esters is 1. The Kier molecular flexibility index (Phi) is 3.92. The van der Waals surface area contributed by atoms with E-state index in [0.29, 0.717) is 24.7 Å². The van der Waals surface area contributed by atoms with E-state index < -0.39 is 0 Å². The Morgan fingerprint density at radius 1 is 1.19 bits per heavy atom. The van der Waals surface area contributed by atoms with Gasteiger partial charge in [-0.05, 0) is 37.1 Å². The number of hydrogen-bond donors (Lipinski definition) is 0. The molecule has 0 radical (unpaired) electrons. The number of piperazine rings is 1. The second-order valence-corrected chi connectivity index (χ2v) is 5.64. The molecule has 0 aromatic heterocycles. The average Bonchev–Trinajstić information content (AvgIpc) is 2.45. The van der Waals surface area contributed by atoms with Gasteiger partial charge in [-0.3, -0.25) is 9.69 Å². The molecule has 1 aromatic carbocycles. The van der Waals surface area contributed by atoms with Crippen molar-refractivity contribution in [3.05, 3.63) is 29.8 Å². The number of anilines is 1. The van der Waals surface area contributed by atoms with E-state index in [2.05, 4.69) is 9.64 Å². The quantitative estimate of drug-likeness (QED) is 0.794. The number of rotatable bonds is 3. The number of hydrogen-bond acceptors (Lipinski definition) is 4. The van der Waals surface area contributed by atoms with Crippen LogP contribution in [0, 0.1) is 0 Å². The van der Waals surface area contributed by atoms with Crippen LogP contribution in [0.2, 0.25) is 0 Å². The Hall–Kier alpha value is -1.88. The summed E-state index contributed by atoms with van der Waals surface area (Å²) in [5, 5.41) is 0. The normalized spacial score (nSPS) is 20.2. The molecule has 1 saturated heterocycles. The lowest BCUT2D eigenvalue weighted by atomic mass is 9.91. The van der Waals surface area contributed by atoms with Crippen LogP contribution in [0.4, 0.5) is 5.69 Å². The lowest BCUT2D eigenvalue weighted by Gasteiger charge is -2.42. The largest absolute Gasteiger partial charge is 0.465 e. The zero-order valence-electron chi connectivity index (χ0n) is 12.2. The summed E-state index contributed by atoms with van der Waals surface area (Å²) in [4.78, 5) is 27.8. The minimum absolute atomic E-state index is 0.138. The third-order valence-electron chi connectivity index (χ3n) is 4.44. The third-order valence-corrected chi connectivity index (χ3v) is 4.44. The van der Waals surface area contributed by atoms with E-state index in [-0.39, 0.29) is 11.9 Å². The maximum atomic E-state index is 12.3. The molecule has 1 heterocycles. The zero-order valence-corrected chi connectivity index (χ0v) is 12.2. The fourth-order valence-corrected chi connectivity index (χ4v) is 2.92. The molecule has 5 nitrogen and oxygen atoms in total. The summed E-state index contributed by atoms with van der Waals surface area (Å²) in [6.45, 7) is 2.14. The summed E-state index contributed by atoms with van der Waals surface area (Å²) in [5.74, 6) is -0.221. The Morgan fingerprint density at radius 3 is 2.43 bits per heavy atom. The van der Waals surface area contributed by atoms with Gasteiger partial charge in [-0.2, -0.15) is 0 Å². The Labute approximate surface area is 124 Å².